The average Bonchev–Trinajstić information content (AvgIpc) is 2.32. The standard InChI is InChI=1S/C6H10N2O2S/c1-11(9,10)3-2-6-4-7-8-5-6/h4-5H,2-3H2,1H3,(H,7,8). The van der Waals surface area contributed by atoms with E-state index < -0.39 is 9.84 Å². The van der Waals surface area contributed by atoms with E-state index in [4.69, 9.17) is 0 Å². The molecule has 0 aromatic carbocycles. The maximum absolute atomic E-state index is 10.7. The molecule has 0 fully saturated rings. The molecular formula is C6H10N2O2S. The first kappa shape index (κ1) is 8.26. The average molecular weight is 174 g/mol. The maximum Gasteiger partial charge on any atom is 0.147 e. The van der Waals surface area contributed by atoms with E-state index in [-0.39, 0.29) is 5.75 Å². The molecule has 0 bridgehead atoms. The van der Waals surface area contributed by atoms with E-state index in [1.165, 1.54) is 6.26 Å². The summed E-state index contributed by atoms with van der Waals surface area (Å²) < 4.78 is 21.4. The third-order valence-corrected chi connectivity index (χ3v) is 2.26. The highest BCUT2D eigenvalue weighted by Crippen LogP contribution is 1.97. The molecule has 0 radical (unpaired) electrons. The number of hydrogen-bond donors (Lipinski definition) is 1. The number of aromatic nitrogens is 2. The molecule has 5 heteroatoms. The fraction of sp³-hybridized carbons (Fsp3) is 0.500. The van der Waals surface area contributed by atoms with Crippen LogP contribution in [0.15, 0.2) is 12.4 Å². The molecule has 0 unspecified atom stereocenters. The SMILES string of the molecule is CS(=O)(=O)CCc1cn[nH]c1. The Hall–Kier alpha value is -0.840. The summed E-state index contributed by atoms with van der Waals surface area (Å²) >= 11 is 0. The van der Waals surface area contributed by atoms with Crippen LogP contribution in [0, 0.1) is 0 Å². The fourth-order valence-electron chi connectivity index (χ4n) is 0.718. The van der Waals surface area contributed by atoms with Gasteiger partial charge in [0.25, 0.3) is 0 Å². The fourth-order valence-corrected chi connectivity index (χ4v) is 1.32. The van der Waals surface area contributed by atoms with Crippen LogP contribution >= 0.6 is 0 Å². The Balaban J connectivity index is 2.48. The van der Waals surface area contributed by atoms with E-state index in [0.29, 0.717) is 6.42 Å². The number of rotatable bonds is 3. The van der Waals surface area contributed by atoms with Crippen LogP contribution in [0.3, 0.4) is 0 Å². The minimum Gasteiger partial charge on any atom is -0.285 e. The van der Waals surface area contributed by atoms with Gasteiger partial charge < -0.3 is 0 Å². The van der Waals surface area contributed by atoms with Gasteiger partial charge in [-0.1, -0.05) is 0 Å². The van der Waals surface area contributed by atoms with Gasteiger partial charge in [0.2, 0.25) is 0 Å². The molecule has 0 atom stereocenters. The second kappa shape index (κ2) is 3.04. The van der Waals surface area contributed by atoms with Crippen molar-refractivity contribution < 1.29 is 8.42 Å². The zero-order chi connectivity index (χ0) is 8.32. The number of H-pyrrole nitrogens is 1. The molecule has 0 aliphatic rings. The molecule has 0 aliphatic carbocycles. The molecule has 1 aromatic heterocycles. The molecule has 1 N–H and O–H groups in total. The first-order valence-electron chi connectivity index (χ1n) is 3.23. The minimum atomic E-state index is -2.84. The summed E-state index contributed by atoms with van der Waals surface area (Å²) in [5.41, 5.74) is 0.926. The summed E-state index contributed by atoms with van der Waals surface area (Å²) in [6, 6.07) is 0. The summed E-state index contributed by atoms with van der Waals surface area (Å²) in [7, 11) is -2.84. The Labute approximate surface area is 65.5 Å². The lowest BCUT2D eigenvalue weighted by atomic mass is 10.3. The number of nitrogens with zero attached hydrogens (tertiary/aromatic N) is 1. The van der Waals surface area contributed by atoms with Gasteiger partial charge in [0.05, 0.1) is 11.9 Å². The van der Waals surface area contributed by atoms with Gasteiger partial charge in [-0.25, -0.2) is 8.42 Å². The lowest BCUT2D eigenvalue weighted by Crippen LogP contribution is -2.05. The van der Waals surface area contributed by atoms with E-state index in [1.54, 1.807) is 12.4 Å². The molecule has 0 spiro atoms. The quantitative estimate of drug-likeness (QED) is 0.701. The second-order valence-electron chi connectivity index (χ2n) is 2.49. The molecule has 1 heterocycles. The molecule has 11 heavy (non-hydrogen) atoms. The van der Waals surface area contributed by atoms with Gasteiger partial charge in [-0.3, -0.25) is 5.10 Å². The lowest BCUT2D eigenvalue weighted by molar-refractivity contribution is 0.601. The predicted molar refractivity (Wildman–Crippen MR) is 42.0 cm³/mol. The van der Waals surface area contributed by atoms with Crippen molar-refractivity contribution in [2.45, 2.75) is 6.42 Å². The van der Waals surface area contributed by atoms with Crippen LogP contribution in [-0.4, -0.2) is 30.6 Å². The molecule has 0 aliphatic heterocycles. The first-order chi connectivity index (χ1) is 5.08. The molecule has 1 rings (SSSR count). The smallest absolute Gasteiger partial charge is 0.147 e. The molecule has 4 nitrogen and oxygen atoms in total. The number of aryl methyl sites for hydroxylation is 1. The molecule has 1 aromatic rings. The summed E-state index contributed by atoms with van der Waals surface area (Å²) in [6.45, 7) is 0. The zero-order valence-electron chi connectivity index (χ0n) is 6.24. The molecule has 62 valence electrons. The summed E-state index contributed by atoms with van der Waals surface area (Å²) in [6.07, 6.45) is 5.10. The van der Waals surface area contributed by atoms with Crippen LogP contribution in [0.2, 0.25) is 0 Å². The maximum atomic E-state index is 10.7. The van der Waals surface area contributed by atoms with Crippen molar-refractivity contribution in [3.05, 3.63) is 18.0 Å². The van der Waals surface area contributed by atoms with Crippen molar-refractivity contribution in [1.29, 1.82) is 0 Å². The third-order valence-electron chi connectivity index (χ3n) is 1.32. The topological polar surface area (TPSA) is 62.8 Å². The Morgan fingerprint density at radius 3 is 2.82 bits per heavy atom. The van der Waals surface area contributed by atoms with Gasteiger partial charge in [0.1, 0.15) is 9.84 Å². The van der Waals surface area contributed by atoms with Crippen molar-refractivity contribution in [3.63, 3.8) is 0 Å². The Bertz CT molecular complexity index is 301. The van der Waals surface area contributed by atoms with E-state index in [1.807, 2.05) is 0 Å². The summed E-state index contributed by atoms with van der Waals surface area (Å²) in [4.78, 5) is 0. The third kappa shape index (κ3) is 3.18. The van der Waals surface area contributed by atoms with Gasteiger partial charge in [-0.05, 0) is 12.0 Å². The lowest BCUT2D eigenvalue weighted by Gasteiger charge is -1.93. The number of hydrogen-bond acceptors (Lipinski definition) is 3. The van der Waals surface area contributed by atoms with Crippen LogP contribution in [0.25, 0.3) is 0 Å². The van der Waals surface area contributed by atoms with Crippen LogP contribution in [0.4, 0.5) is 0 Å². The monoisotopic (exact) mass is 174 g/mol. The van der Waals surface area contributed by atoms with E-state index in [2.05, 4.69) is 10.2 Å². The highest BCUT2D eigenvalue weighted by atomic mass is 32.2. The number of sulfone groups is 1. The Morgan fingerprint density at radius 2 is 2.36 bits per heavy atom. The van der Waals surface area contributed by atoms with Crippen molar-refractivity contribution in [2.24, 2.45) is 0 Å². The van der Waals surface area contributed by atoms with E-state index in [9.17, 15) is 8.42 Å². The molecular weight excluding hydrogens is 164 g/mol. The minimum absolute atomic E-state index is 0.187. The van der Waals surface area contributed by atoms with Crippen LogP contribution < -0.4 is 0 Å². The van der Waals surface area contributed by atoms with Crippen molar-refractivity contribution >= 4 is 9.84 Å². The van der Waals surface area contributed by atoms with Crippen LogP contribution in [0.5, 0.6) is 0 Å². The Morgan fingerprint density at radius 1 is 1.64 bits per heavy atom. The van der Waals surface area contributed by atoms with Gasteiger partial charge in [0, 0.05) is 12.5 Å². The largest absolute Gasteiger partial charge is 0.285 e. The highest BCUT2D eigenvalue weighted by Gasteiger charge is 2.02. The van der Waals surface area contributed by atoms with E-state index in [0.717, 1.165) is 5.56 Å². The molecule has 0 saturated carbocycles. The van der Waals surface area contributed by atoms with Crippen molar-refractivity contribution in [3.8, 4) is 0 Å². The second-order valence-corrected chi connectivity index (χ2v) is 4.75. The van der Waals surface area contributed by atoms with Crippen molar-refractivity contribution in [1.82, 2.24) is 10.2 Å². The van der Waals surface area contributed by atoms with Gasteiger partial charge >= 0.3 is 0 Å². The highest BCUT2D eigenvalue weighted by molar-refractivity contribution is 7.90. The summed E-state index contributed by atoms with van der Waals surface area (Å²) in [5, 5.41) is 6.32. The first-order valence-corrected chi connectivity index (χ1v) is 5.29. The van der Waals surface area contributed by atoms with Gasteiger partial charge in [-0.2, -0.15) is 5.10 Å². The zero-order valence-corrected chi connectivity index (χ0v) is 7.06. The summed E-state index contributed by atoms with van der Waals surface area (Å²) in [5.74, 6) is 0.187. The Kier molecular flexibility index (Phi) is 2.28. The van der Waals surface area contributed by atoms with Crippen molar-refractivity contribution in [2.75, 3.05) is 12.0 Å². The van der Waals surface area contributed by atoms with E-state index >= 15 is 0 Å². The number of nitrogens with one attached hydrogen (secondary N) is 1. The van der Waals surface area contributed by atoms with Crippen LogP contribution in [0.1, 0.15) is 5.56 Å². The molecule has 0 saturated heterocycles. The van der Waals surface area contributed by atoms with Gasteiger partial charge in [0.15, 0.2) is 0 Å². The molecule has 0 amide bonds. The number of aromatic amines is 1. The normalized spacial score (nSPS) is 11.7. The van der Waals surface area contributed by atoms with Gasteiger partial charge in [-0.15, -0.1) is 0 Å². The van der Waals surface area contributed by atoms with Crippen LogP contribution in [-0.2, 0) is 16.3 Å². The predicted octanol–water partition coefficient (Wildman–Crippen LogP) is -0.00320.